The van der Waals surface area contributed by atoms with Crippen LogP contribution >= 0.6 is 0 Å². The summed E-state index contributed by atoms with van der Waals surface area (Å²) in [6, 6.07) is 3.75. The van der Waals surface area contributed by atoms with Crippen LogP contribution in [0.1, 0.15) is 43.0 Å². The first-order valence-corrected chi connectivity index (χ1v) is 7.49. The molecule has 0 aliphatic heterocycles. The number of rotatable bonds is 4. The van der Waals surface area contributed by atoms with Crippen molar-refractivity contribution in [2.45, 2.75) is 38.6 Å². The maximum absolute atomic E-state index is 12.4. The van der Waals surface area contributed by atoms with Crippen LogP contribution in [0.5, 0.6) is 5.88 Å². The van der Waals surface area contributed by atoms with Crippen LogP contribution in [0.25, 0.3) is 0 Å². The lowest BCUT2D eigenvalue weighted by molar-refractivity contribution is 0.0911. The van der Waals surface area contributed by atoms with E-state index in [9.17, 15) is 4.79 Å². The lowest BCUT2D eigenvalue weighted by Gasteiger charge is -2.28. The van der Waals surface area contributed by atoms with Crippen molar-refractivity contribution in [3.63, 3.8) is 0 Å². The highest BCUT2D eigenvalue weighted by Gasteiger charge is 2.42. The zero-order chi connectivity index (χ0) is 14.1. The Morgan fingerprint density at radius 2 is 2.30 bits per heavy atom. The molecule has 3 rings (SSSR count). The van der Waals surface area contributed by atoms with E-state index in [2.05, 4.69) is 17.2 Å². The number of aromatic nitrogens is 1. The number of ether oxygens (including phenoxy) is 1. The fraction of sp³-hybridized carbons (Fsp3) is 0.625. The highest BCUT2D eigenvalue weighted by molar-refractivity contribution is 5.96. The van der Waals surface area contributed by atoms with Crippen LogP contribution in [0.15, 0.2) is 18.3 Å². The van der Waals surface area contributed by atoms with Crippen molar-refractivity contribution in [3.05, 3.63) is 23.9 Å². The molecule has 0 aromatic carbocycles. The van der Waals surface area contributed by atoms with Crippen LogP contribution in [0.4, 0.5) is 0 Å². The maximum atomic E-state index is 12.4. The quantitative estimate of drug-likeness (QED) is 0.918. The summed E-state index contributed by atoms with van der Waals surface area (Å²) in [7, 11) is 1.54. The van der Waals surface area contributed by atoms with E-state index in [4.69, 9.17) is 4.74 Å². The Kier molecular flexibility index (Phi) is 3.64. The van der Waals surface area contributed by atoms with Crippen LogP contribution < -0.4 is 10.1 Å². The van der Waals surface area contributed by atoms with Crippen molar-refractivity contribution in [2.75, 3.05) is 7.11 Å². The summed E-state index contributed by atoms with van der Waals surface area (Å²) in [5.41, 5.74) is 0.519. The van der Waals surface area contributed by atoms with Crippen molar-refractivity contribution in [1.29, 1.82) is 0 Å². The van der Waals surface area contributed by atoms with E-state index in [1.54, 1.807) is 25.4 Å². The zero-order valence-corrected chi connectivity index (χ0v) is 12.1. The van der Waals surface area contributed by atoms with E-state index in [0.29, 0.717) is 17.4 Å². The summed E-state index contributed by atoms with van der Waals surface area (Å²) in [6.45, 7) is 2.13. The second kappa shape index (κ2) is 5.43. The molecule has 1 heterocycles. The molecule has 0 radical (unpaired) electrons. The smallest absolute Gasteiger partial charge is 0.256 e. The lowest BCUT2D eigenvalue weighted by Crippen LogP contribution is -2.40. The third-order valence-corrected chi connectivity index (χ3v) is 5.00. The molecule has 4 atom stereocenters. The number of hydrogen-bond donors (Lipinski definition) is 1. The molecule has 20 heavy (non-hydrogen) atoms. The number of hydrogen-bond acceptors (Lipinski definition) is 3. The van der Waals surface area contributed by atoms with Crippen LogP contribution in [0.2, 0.25) is 0 Å². The number of carbonyl (C=O) groups is 1. The summed E-state index contributed by atoms with van der Waals surface area (Å²) in [4.78, 5) is 16.4. The van der Waals surface area contributed by atoms with E-state index >= 15 is 0 Å². The Balaban J connectivity index is 1.66. The average molecular weight is 274 g/mol. The van der Waals surface area contributed by atoms with Gasteiger partial charge >= 0.3 is 0 Å². The van der Waals surface area contributed by atoms with Crippen LogP contribution in [0.3, 0.4) is 0 Å². The predicted octanol–water partition coefficient (Wildman–Crippen LogP) is 2.64. The topological polar surface area (TPSA) is 51.2 Å². The van der Waals surface area contributed by atoms with Crippen molar-refractivity contribution >= 4 is 5.91 Å². The molecule has 0 saturated heterocycles. The third kappa shape index (κ3) is 2.39. The molecule has 1 N–H and O–H groups in total. The first-order chi connectivity index (χ1) is 9.69. The number of amides is 1. The van der Waals surface area contributed by atoms with Crippen molar-refractivity contribution in [2.24, 2.45) is 17.8 Å². The minimum atomic E-state index is -0.0785. The van der Waals surface area contributed by atoms with Crippen LogP contribution in [-0.4, -0.2) is 24.0 Å². The van der Waals surface area contributed by atoms with Gasteiger partial charge in [-0.05, 0) is 56.1 Å². The molecule has 4 unspecified atom stereocenters. The molecular weight excluding hydrogens is 252 g/mol. The summed E-state index contributed by atoms with van der Waals surface area (Å²) < 4.78 is 5.15. The average Bonchev–Trinajstić information content (AvgIpc) is 3.09. The number of pyridine rings is 1. The second-order valence-corrected chi connectivity index (χ2v) is 6.16. The van der Waals surface area contributed by atoms with Crippen LogP contribution in [0, 0.1) is 17.8 Å². The van der Waals surface area contributed by atoms with Gasteiger partial charge in [-0.2, -0.15) is 0 Å². The second-order valence-electron chi connectivity index (χ2n) is 6.16. The minimum absolute atomic E-state index is 0.0785. The van der Waals surface area contributed by atoms with Gasteiger partial charge in [-0.25, -0.2) is 4.98 Å². The molecular formula is C16H22N2O2. The van der Waals surface area contributed by atoms with Gasteiger partial charge in [-0.1, -0.05) is 6.42 Å². The Hall–Kier alpha value is -1.58. The van der Waals surface area contributed by atoms with Gasteiger partial charge in [-0.3, -0.25) is 4.79 Å². The van der Waals surface area contributed by atoms with Crippen LogP contribution in [-0.2, 0) is 0 Å². The van der Waals surface area contributed by atoms with Gasteiger partial charge in [0.05, 0.1) is 7.11 Å². The highest BCUT2D eigenvalue weighted by Crippen LogP contribution is 2.49. The molecule has 2 fully saturated rings. The highest BCUT2D eigenvalue weighted by atomic mass is 16.5. The standard InChI is InChI=1S/C16H22N2O2/c1-10(14-9-11-5-6-12(14)8-11)18-15(19)13-4-3-7-17-16(13)20-2/h3-4,7,10-12,14H,5-6,8-9H2,1-2H3,(H,18,19). The lowest BCUT2D eigenvalue weighted by atomic mass is 9.84. The zero-order valence-electron chi connectivity index (χ0n) is 12.1. The number of nitrogens with zero attached hydrogens (tertiary/aromatic N) is 1. The Bertz CT molecular complexity index is 503. The van der Waals surface area contributed by atoms with Gasteiger partial charge in [0.25, 0.3) is 5.91 Å². The van der Waals surface area contributed by atoms with E-state index in [1.807, 2.05) is 0 Å². The Labute approximate surface area is 119 Å². The van der Waals surface area contributed by atoms with Crippen molar-refractivity contribution in [1.82, 2.24) is 10.3 Å². The fourth-order valence-electron chi connectivity index (χ4n) is 4.02. The molecule has 0 spiro atoms. The molecule has 1 amide bonds. The number of methoxy groups -OCH3 is 1. The normalized spacial score (nSPS) is 29.2. The van der Waals surface area contributed by atoms with Crippen molar-refractivity contribution in [3.8, 4) is 5.88 Å². The molecule has 4 nitrogen and oxygen atoms in total. The molecule has 2 bridgehead atoms. The van der Waals surface area contributed by atoms with E-state index in [0.717, 1.165) is 11.8 Å². The molecule has 4 heteroatoms. The van der Waals surface area contributed by atoms with Crippen molar-refractivity contribution < 1.29 is 9.53 Å². The molecule has 108 valence electrons. The molecule has 1 aromatic heterocycles. The van der Waals surface area contributed by atoms with Gasteiger partial charge in [-0.15, -0.1) is 0 Å². The maximum Gasteiger partial charge on any atom is 0.256 e. The Morgan fingerprint density at radius 1 is 1.45 bits per heavy atom. The number of fused-ring (bicyclic) bond motifs is 2. The van der Waals surface area contributed by atoms with Gasteiger partial charge in [0.2, 0.25) is 5.88 Å². The summed E-state index contributed by atoms with van der Waals surface area (Å²) in [6.07, 6.45) is 7.00. The summed E-state index contributed by atoms with van der Waals surface area (Å²) in [5.74, 6) is 2.67. The van der Waals surface area contributed by atoms with E-state index < -0.39 is 0 Å². The molecule has 1 aromatic rings. The van der Waals surface area contributed by atoms with Gasteiger partial charge in [0, 0.05) is 12.2 Å². The number of carbonyl (C=O) groups excluding carboxylic acids is 1. The first kappa shape index (κ1) is 13.4. The first-order valence-electron chi connectivity index (χ1n) is 7.49. The van der Waals surface area contributed by atoms with Gasteiger partial charge in [0.15, 0.2) is 0 Å². The third-order valence-electron chi connectivity index (χ3n) is 5.00. The SMILES string of the molecule is COc1ncccc1C(=O)NC(C)C1CC2CCC1C2. The fourth-order valence-corrected chi connectivity index (χ4v) is 4.02. The molecule has 2 aliphatic rings. The Morgan fingerprint density at radius 3 is 2.95 bits per heavy atom. The molecule has 2 aliphatic carbocycles. The van der Waals surface area contributed by atoms with E-state index in [-0.39, 0.29) is 11.9 Å². The monoisotopic (exact) mass is 274 g/mol. The predicted molar refractivity (Wildman–Crippen MR) is 76.7 cm³/mol. The molecule has 2 saturated carbocycles. The van der Waals surface area contributed by atoms with E-state index in [1.165, 1.54) is 25.7 Å². The van der Waals surface area contributed by atoms with Gasteiger partial charge in [0.1, 0.15) is 5.56 Å². The summed E-state index contributed by atoms with van der Waals surface area (Å²) in [5, 5.41) is 3.14. The largest absolute Gasteiger partial charge is 0.480 e. The minimum Gasteiger partial charge on any atom is -0.480 e. The number of nitrogens with one attached hydrogen (secondary N) is 1. The van der Waals surface area contributed by atoms with Gasteiger partial charge < -0.3 is 10.1 Å². The summed E-state index contributed by atoms with van der Waals surface area (Å²) >= 11 is 0.